The monoisotopic (exact) mass is 697 g/mol. The van der Waals surface area contributed by atoms with Crippen molar-refractivity contribution in [1.29, 1.82) is 0 Å². The smallest absolute Gasteiger partial charge is 0.339 e. The minimum absolute atomic E-state index is 0.168. The van der Waals surface area contributed by atoms with Crippen LogP contribution >= 0.6 is 0 Å². The number of hydrogen-bond acceptors (Lipinski definition) is 7. The Labute approximate surface area is 301 Å². The Balaban J connectivity index is 1.66. The zero-order valence-corrected chi connectivity index (χ0v) is 31.3. The van der Waals surface area contributed by atoms with Gasteiger partial charge in [-0.1, -0.05) is 36.4 Å². The largest absolute Gasteiger partial charge is 0.490 e. The zero-order valence-electron chi connectivity index (χ0n) is 31.3. The van der Waals surface area contributed by atoms with Gasteiger partial charge in [0.1, 0.15) is 11.6 Å². The van der Waals surface area contributed by atoms with Gasteiger partial charge >= 0.3 is 5.97 Å². The predicted octanol–water partition coefficient (Wildman–Crippen LogP) is 9.36. The number of aryl methyl sites for hydroxylation is 2. The van der Waals surface area contributed by atoms with Crippen LogP contribution in [0.3, 0.4) is 0 Å². The normalized spacial score (nSPS) is 15.7. The molecule has 5 rings (SSSR count). The Bertz CT molecular complexity index is 1900. The molecule has 272 valence electrons. The number of benzene rings is 2. The number of aromatic nitrogens is 2. The number of anilines is 1. The minimum Gasteiger partial charge on any atom is -0.490 e. The summed E-state index contributed by atoms with van der Waals surface area (Å²) in [5.74, 6) is -0.318. The van der Waals surface area contributed by atoms with Gasteiger partial charge in [-0.25, -0.2) is 13.7 Å². The second kappa shape index (κ2) is 15.4. The molecular weight excluding hydrogens is 645 g/mol. The average Bonchev–Trinajstić information content (AvgIpc) is 3.51. The number of methoxy groups -OCH3 is 1. The van der Waals surface area contributed by atoms with Crippen LogP contribution in [0.25, 0.3) is 27.9 Å². The van der Waals surface area contributed by atoms with Crippen molar-refractivity contribution in [3.63, 3.8) is 0 Å². The van der Waals surface area contributed by atoms with Gasteiger partial charge in [-0.3, -0.25) is 0 Å². The first kappa shape index (κ1) is 37.8. The lowest BCUT2D eigenvalue weighted by molar-refractivity contribution is -0.164. The number of ether oxygens (including phenoxy) is 4. The van der Waals surface area contributed by atoms with Gasteiger partial charge in [0.15, 0.2) is 6.10 Å². The molecule has 0 spiro atoms. The van der Waals surface area contributed by atoms with Crippen molar-refractivity contribution < 1.29 is 28.1 Å². The molecule has 0 N–H and O–H groups in total. The molecule has 4 aromatic rings. The number of pyridine rings is 1. The van der Waals surface area contributed by atoms with Gasteiger partial charge in [-0.05, 0) is 96.2 Å². The molecule has 1 saturated heterocycles. The molecule has 8 nitrogen and oxygen atoms in total. The van der Waals surface area contributed by atoms with Gasteiger partial charge in [0.05, 0.1) is 53.5 Å². The first-order valence-corrected chi connectivity index (χ1v) is 17.6. The molecule has 2 aromatic carbocycles. The summed E-state index contributed by atoms with van der Waals surface area (Å²) in [4.78, 5) is 15.8. The summed E-state index contributed by atoms with van der Waals surface area (Å²) < 4.78 is 41.9. The molecule has 0 saturated carbocycles. The number of esters is 1. The molecular formula is C42H52FN3O5. The third-order valence-electron chi connectivity index (χ3n) is 9.38. The van der Waals surface area contributed by atoms with Crippen LogP contribution in [0.5, 0.6) is 5.75 Å². The van der Waals surface area contributed by atoms with Gasteiger partial charge in [-0.15, -0.1) is 13.2 Å². The van der Waals surface area contributed by atoms with Gasteiger partial charge in [-0.2, -0.15) is 5.10 Å². The lowest BCUT2D eigenvalue weighted by Gasteiger charge is -2.41. The number of piperidine rings is 1. The minimum atomic E-state index is -0.965. The summed E-state index contributed by atoms with van der Waals surface area (Å²) in [6.07, 6.45) is 6.56. The summed E-state index contributed by atoms with van der Waals surface area (Å²) in [5.41, 5.74) is 5.49. The number of fused-ring (bicyclic) bond motifs is 1. The fourth-order valence-electron chi connectivity index (χ4n) is 6.71. The molecule has 9 heteroatoms. The van der Waals surface area contributed by atoms with Crippen LogP contribution in [0.4, 0.5) is 10.1 Å². The van der Waals surface area contributed by atoms with E-state index in [2.05, 4.69) is 25.0 Å². The van der Waals surface area contributed by atoms with Crippen LogP contribution in [-0.4, -0.2) is 59.7 Å². The molecule has 1 fully saturated rings. The maximum absolute atomic E-state index is 15.9. The molecule has 0 unspecified atom stereocenters. The molecule has 3 heterocycles. The highest BCUT2D eigenvalue weighted by Crippen LogP contribution is 2.42. The highest BCUT2D eigenvalue weighted by Gasteiger charge is 2.37. The molecule has 0 amide bonds. The molecule has 0 aliphatic carbocycles. The van der Waals surface area contributed by atoms with E-state index in [9.17, 15) is 4.79 Å². The number of carbonyl (C=O) groups excluding carboxylic acids is 1. The fraction of sp³-hybridized carbons (Fsp3) is 0.429. The lowest BCUT2D eigenvalue weighted by atomic mass is 9.91. The van der Waals surface area contributed by atoms with Crippen molar-refractivity contribution in [2.75, 3.05) is 31.7 Å². The molecule has 0 bridgehead atoms. The van der Waals surface area contributed by atoms with Crippen LogP contribution < -0.4 is 9.64 Å². The second-order valence-electron chi connectivity index (χ2n) is 14.7. The van der Waals surface area contributed by atoms with Gasteiger partial charge in [0.2, 0.25) is 0 Å². The lowest BCUT2D eigenvalue weighted by Crippen LogP contribution is -2.45. The third kappa shape index (κ3) is 8.37. The Kier molecular flexibility index (Phi) is 11.4. The highest BCUT2D eigenvalue weighted by molar-refractivity contribution is 5.88. The Morgan fingerprint density at radius 3 is 2.41 bits per heavy atom. The van der Waals surface area contributed by atoms with Crippen molar-refractivity contribution in [3.05, 3.63) is 96.5 Å². The SMILES string of the molecule is C=CCOC1(C)CCN(c2c([C@H](OC(C)(C)C)C(=O)OC)c(C)cn3nc(-c4cccc(-c5c(O[C@@H](C)CC=C)ccc(C)c5F)c4)cc23)CC1. The van der Waals surface area contributed by atoms with Crippen LogP contribution in [0.2, 0.25) is 0 Å². The summed E-state index contributed by atoms with van der Waals surface area (Å²) in [6.45, 7) is 23.1. The van der Waals surface area contributed by atoms with E-state index < -0.39 is 17.7 Å². The third-order valence-corrected chi connectivity index (χ3v) is 9.38. The predicted molar refractivity (Wildman–Crippen MR) is 202 cm³/mol. The van der Waals surface area contributed by atoms with E-state index in [0.717, 1.165) is 40.7 Å². The quantitative estimate of drug-likeness (QED) is 0.102. The van der Waals surface area contributed by atoms with Crippen LogP contribution in [0, 0.1) is 19.7 Å². The molecule has 1 aliphatic heterocycles. The first-order valence-electron chi connectivity index (χ1n) is 17.6. The van der Waals surface area contributed by atoms with Gasteiger partial charge in [0.25, 0.3) is 0 Å². The molecule has 2 atom stereocenters. The average molecular weight is 698 g/mol. The summed E-state index contributed by atoms with van der Waals surface area (Å²) in [5, 5.41) is 5.04. The summed E-state index contributed by atoms with van der Waals surface area (Å²) in [6, 6.07) is 13.3. The number of halogens is 1. The maximum Gasteiger partial charge on any atom is 0.339 e. The standard InChI is InChI=1S/C42H52FN3O5/c1-11-14-29(5)50-34-18-17-27(3)37(43)36(34)31-16-13-15-30(24-31)32-25-33-38(45-21-19-42(9,20-22-45)49-23-12-2)35(28(4)26-46(33)44-32)39(40(47)48-10)51-41(6,7)8/h11-13,15-18,24-26,29,39H,1-2,14,19-23H2,3-10H3/t29-,39-/m0/s1. The van der Waals surface area contributed by atoms with E-state index in [1.54, 1.807) is 25.1 Å². The van der Waals surface area contributed by atoms with E-state index in [4.69, 9.17) is 24.0 Å². The van der Waals surface area contributed by atoms with E-state index in [1.807, 2.05) is 81.7 Å². The molecule has 0 radical (unpaired) electrons. The number of hydrogen-bond donors (Lipinski definition) is 0. The van der Waals surface area contributed by atoms with E-state index >= 15 is 4.39 Å². The van der Waals surface area contributed by atoms with Crippen LogP contribution in [0.1, 0.15) is 76.7 Å². The van der Waals surface area contributed by atoms with E-state index in [0.29, 0.717) is 54.3 Å². The maximum atomic E-state index is 15.9. The topological polar surface area (TPSA) is 74.5 Å². The van der Waals surface area contributed by atoms with Gasteiger partial charge < -0.3 is 23.8 Å². The Hall–Kier alpha value is -4.47. The van der Waals surface area contributed by atoms with Crippen molar-refractivity contribution in [1.82, 2.24) is 9.61 Å². The van der Waals surface area contributed by atoms with Crippen molar-refractivity contribution in [3.8, 4) is 28.1 Å². The Morgan fingerprint density at radius 1 is 1.06 bits per heavy atom. The Morgan fingerprint density at radius 2 is 1.76 bits per heavy atom. The molecule has 51 heavy (non-hydrogen) atoms. The number of carbonyl (C=O) groups is 1. The first-order chi connectivity index (χ1) is 24.2. The van der Waals surface area contributed by atoms with Crippen molar-refractivity contribution in [2.24, 2.45) is 0 Å². The van der Waals surface area contributed by atoms with E-state index in [1.165, 1.54) is 7.11 Å². The van der Waals surface area contributed by atoms with Crippen molar-refractivity contribution in [2.45, 2.75) is 91.1 Å². The molecule has 2 aromatic heterocycles. The van der Waals surface area contributed by atoms with Gasteiger partial charge in [0, 0.05) is 36.8 Å². The second-order valence-corrected chi connectivity index (χ2v) is 14.7. The summed E-state index contributed by atoms with van der Waals surface area (Å²) >= 11 is 0. The molecule has 1 aliphatic rings. The number of rotatable bonds is 13. The van der Waals surface area contributed by atoms with Crippen LogP contribution in [-0.2, 0) is 19.0 Å². The van der Waals surface area contributed by atoms with Crippen molar-refractivity contribution >= 4 is 17.2 Å². The zero-order chi connectivity index (χ0) is 37.1. The number of nitrogens with zero attached hydrogens (tertiary/aromatic N) is 3. The highest BCUT2D eigenvalue weighted by atomic mass is 19.1. The van der Waals surface area contributed by atoms with E-state index in [-0.39, 0.29) is 17.5 Å². The summed E-state index contributed by atoms with van der Waals surface area (Å²) in [7, 11) is 1.38. The fourth-order valence-corrected chi connectivity index (χ4v) is 6.71. The van der Waals surface area contributed by atoms with Crippen LogP contribution in [0.15, 0.2) is 74.0 Å².